The van der Waals surface area contributed by atoms with Gasteiger partial charge in [-0.2, -0.15) is 13.2 Å². The number of rotatable bonds is 4. The maximum atomic E-state index is 13.3. The molecule has 11 heteroatoms. The Kier molecular flexibility index (Phi) is 5.33. The van der Waals surface area contributed by atoms with Crippen LogP contribution in [0.2, 0.25) is 0 Å². The Morgan fingerprint density at radius 2 is 1.56 bits per heavy atom. The minimum absolute atomic E-state index is 0.226. The second-order valence-corrected chi connectivity index (χ2v) is 6.55. The van der Waals surface area contributed by atoms with E-state index in [1.54, 1.807) is 6.07 Å². The van der Waals surface area contributed by atoms with Gasteiger partial charge in [-0.25, -0.2) is 9.97 Å². The number of alkyl halides is 6. The van der Waals surface area contributed by atoms with E-state index < -0.39 is 18.1 Å². The summed E-state index contributed by atoms with van der Waals surface area (Å²) >= 11 is 0. The second kappa shape index (κ2) is 7.98. The van der Waals surface area contributed by atoms with E-state index >= 15 is 0 Å². The molecule has 0 aliphatic heterocycles. The van der Waals surface area contributed by atoms with Gasteiger partial charge < -0.3 is 10.1 Å². The number of hydrogen-bond acceptors (Lipinski definition) is 5. The van der Waals surface area contributed by atoms with Crippen molar-refractivity contribution in [3.8, 4) is 17.0 Å². The van der Waals surface area contributed by atoms with Crippen molar-refractivity contribution in [3.05, 3.63) is 72.7 Å². The first kappa shape index (κ1) is 21.3. The lowest BCUT2D eigenvalue weighted by atomic mass is 10.0. The van der Waals surface area contributed by atoms with Gasteiger partial charge in [0.1, 0.15) is 17.9 Å². The molecule has 0 bridgehead atoms. The maximum absolute atomic E-state index is 13.3. The summed E-state index contributed by atoms with van der Waals surface area (Å²) in [6.07, 6.45) is -6.87. The lowest BCUT2D eigenvalue weighted by Crippen LogP contribution is -2.16. The zero-order chi connectivity index (χ0) is 22.9. The lowest BCUT2D eigenvalue weighted by Gasteiger charge is -2.13. The fourth-order valence-electron chi connectivity index (χ4n) is 3.04. The Balaban J connectivity index is 1.65. The average Bonchev–Trinajstić information content (AvgIpc) is 2.73. The van der Waals surface area contributed by atoms with Gasteiger partial charge in [0.05, 0.1) is 16.8 Å². The Bertz CT molecular complexity index is 1260. The molecule has 1 N–H and O–H groups in total. The van der Waals surface area contributed by atoms with Gasteiger partial charge in [0.15, 0.2) is 0 Å². The monoisotopic (exact) mass is 450 g/mol. The number of benzene rings is 2. The van der Waals surface area contributed by atoms with Crippen LogP contribution in [0.25, 0.3) is 22.2 Å². The molecule has 0 spiro atoms. The van der Waals surface area contributed by atoms with E-state index in [4.69, 9.17) is 0 Å². The number of fused-ring (bicyclic) bond motifs is 1. The van der Waals surface area contributed by atoms with Crippen LogP contribution in [-0.4, -0.2) is 21.3 Å². The summed E-state index contributed by atoms with van der Waals surface area (Å²) in [5.74, 6) is -0.0563. The Morgan fingerprint density at radius 1 is 0.812 bits per heavy atom. The van der Waals surface area contributed by atoms with Gasteiger partial charge in [-0.1, -0.05) is 6.07 Å². The van der Waals surface area contributed by atoms with Crippen molar-refractivity contribution < 1.29 is 31.1 Å². The first-order chi connectivity index (χ1) is 15.1. The van der Waals surface area contributed by atoms with Crippen LogP contribution in [-0.2, 0) is 6.18 Å². The molecule has 0 aliphatic rings. The zero-order valence-corrected chi connectivity index (χ0v) is 15.9. The molecule has 2 aromatic carbocycles. The number of ether oxygens (including phenoxy) is 1. The first-order valence-corrected chi connectivity index (χ1v) is 9.00. The summed E-state index contributed by atoms with van der Waals surface area (Å²) < 4.78 is 80.7. The van der Waals surface area contributed by atoms with E-state index in [9.17, 15) is 26.3 Å². The van der Waals surface area contributed by atoms with Crippen LogP contribution in [0, 0.1) is 0 Å². The van der Waals surface area contributed by atoms with Crippen molar-refractivity contribution in [2.45, 2.75) is 12.5 Å². The number of nitrogens with one attached hydrogen (secondary N) is 1. The third kappa shape index (κ3) is 4.71. The van der Waals surface area contributed by atoms with Gasteiger partial charge in [-0.05, 0) is 48.5 Å². The van der Waals surface area contributed by atoms with E-state index in [1.165, 1.54) is 42.9 Å². The molecule has 164 valence electrons. The molecule has 0 radical (unpaired) electrons. The summed E-state index contributed by atoms with van der Waals surface area (Å²) in [6.45, 7) is 0. The highest BCUT2D eigenvalue weighted by Gasteiger charge is 2.34. The molecule has 0 amide bonds. The maximum Gasteiger partial charge on any atom is 0.573 e. The first-order valence-electron chi connectivity index (χ1n) is 9.00. The number of hydrogen-bond donors (Lipinski definition) is 1. The third-order valence-corrected chi connectivity index (χ3v) is 4.37. The quantitative estimate of drug-likeness (QED) is 0.367. The molecular formula is C21H12F6N4O. The zero-order valence-electron chi connectivity index (χ0n) is 15.9. The summed E-state index contributed by atoms with van der Waals surface area (Å²) in [6, 6.07) is 11.6. The molecule has 0 unspecified atom stereocenters. The minimum Gasteiger partial charge on any atom is -0.406 e. The van der Waals surface area contributed by atoms with Crippen molar-refractivity contribution in [2.24, 2.45) is 0 Å². The van der Waals surface area contributed by atoms with Crippen LogP contribution in [0.4, 0.5) is 37.8 Å². The van der Waals surface area contributed by atoms with Crippen LogP contribution < -0.4 is 10.1 Å². The number of nitrogens with zero attached hydrogens (tertiary/aromatic N) is 3. The highest BCUT2D eigenvalue weighted by molar-refractivity contribution is 5.93. The molecule has 4 rings (SSSR count). The summed E-state index contributed by atoms with van der Waals surface area (Å²) in [4.78, 5) is 12.1. The van der Waals surface area contributed by atoms with Crippen LogP contribution in [0.5, 0.6) is 5.75 Å². The normalized spacial score (nSPS) is 12.1. The molecule has 32 heavy (non-hydrogen) atoms. The SMILES string of the molecule is FC(F)(F)Oc1ccc(Nc2ncnc3cc(-c4ncccc4C(F)(F)F)ccc23)cc1. The molecule has 0 atom stereocenters. The Labute approximate surface area is 176 Å². The third-order valence-electron chi connectivity index (χ3n) is 4.37. The van der Waals surface area contributed by atoms with E-state index in [-0.39, 0.29) is 17.0 Å². The fraction of sp³-hybridized carbons (Fsp3) is 0.0952. The lowest BCUT2D eigenvalue weighted by molar-refractivity contribution is -0.274. The van der Waals surface area contributed by atoms with Crippen molar-refractivity contribution in [1.29, 1.82) is 0 Å². The molecule has 2 aromatic heterocycles. The Morgan fingerprint density at radius 3 is 2.25 bits per heavy atom. The van der Waals surface area contributed by atoms with Gasteiger partial charge in [0.25, 0.3) is 0 Å². The number of pyridine rings is 1. The van der Waals surface area contributed by atoms with Crippen molar-refractivity contribution in [3.63, 3.8) is 0 Å². The molecule has 2 heterocycles. The molecule has 0 saturated carbocycles. The topological polar surface area (TPSA) is 59.9 Å². The number of aromatic nitrogens is 3. The number of halogens is 6. The summed E-state index contributed by atoms with van der Waals surface area (Å²) in [5, 5.41) is 3.44. The molecule has 0 saturated heterocycles. The average molecular weight is 450 g/mol. The largest absolute Gasteiger partial charge is 0.573 e. The fourth-order valence-corrected chi connectivity index (χ4v) is 3.04. The van der Waals surface area contributed by atoms with Gasteiger partial charge >= 0.3 is 12.5 Å². The van der Waals surface area contributed by atoms with E-state index in [0.29, 0.717) is 22.4 Å². The van der Waals surface area contributed by atoms with E-state index in [1.807, 2.05) is 0 Å². The molecule has 0 aliphatic carbocycles. The van der Waals surface area contributed by atoms with Crippen LogP contribution >= 0.6 is 0 Å². The molecule has 5 nitrogen and oxygen atoms in total. The van der Waals surface area contributed by atoms with Crippen molar-refractivity contribution in [2.75, 3.05) is 5.32 Å². The minimum atomic E-state index is -4.80. The molecular weight excluding hydrogens is 438 g/mol. The van der Waals surface area contributed by atoms with E-state index in [0.717, 1.165) is 18.2 Å². The van der Waals surface area contributed by atoms with Crippen LogP contribution in [0.15, 0.2) is 67.1 Å². The van der Waals surface area contributed by atoms with Crippen molar-refractivity contribution >= 4 is 22.4 Å². The summed E-state index contributed by atoms with van der Waals surface area (Å²) in [7, 11) is 0. The van der Waals surface area contributed by atoms with Crippen LogP contribution in [0.3, 0.4) is 0 Å². The highest BCUT2D eigenvalue weighted by Crippen LogP contribution is 2.37. The predicted octanol–water partition coefficient (Wildman–Crippen LogP) is 6.35. The smallest absolute Gasteiger partial charge is 0.406 e. The van der Waals surface area contributed by atoms with Gasteiger partial charge in [0, 0.05) is 22.8 Å². The highest BCUT2D eigenvalue weighted by atomic mass is 19.4. The van der Waals surface area contributed by atoms with Crippen LogP contribution in [0.1, 0.15) is 5.56 Å². The predicted molar refractivity (Wildman–Crippen MR) is 104 cm³/mol. The summed E-state index contributed by atoms with van der Waals surface area (Å²) in [5.41, 5.74) is -0.0876. The van der Waals surface area contributed by atoms with Crippen molar-refractivity contribution in [1.82, 2.24) is 15.0 Å². The molecule has 0 fully saturated rings. The van der Waals surface area contributed by atoms with Gasteiger partial charge in [-0.3, -0.25) is 4.98 Å². The Hall–Kier alpha value is -3.89. The van der Waals surface area contributed by atoms with Gasteiger partial charge in [-0.15, -0.1) is 13.2 Å². The second-order valence-electron chi connectivity index (χ2n) is 6.55. The standard InChI is InChI=1S/C21H12F6N4O/c22-20(23,24)16-2-1-9-28-18(16)12-3-8-15-17(10-12)29-11-30-19(15)31-13-4-6-14(7-5-13)32-21(25,26)27/h1-11H,(H,29,30,31). The molecule has 4 aromatic rings. The van der Waals surface area contributed by atoms with E-state index in [2.05, 4.69) is 25.0 Å². The number of anilines is 2. The van der Waals surface area contributed by atoms with Gasteiger partial charge in [0.2, 0.25) is 0 Å².